The summed E-state index contributed by atoms with van der Waals surface area (Å²) in [6, 6.07) is 7.32. The monoisotopic (exact) mass is 458 g/mol. The number of esters is 1. The highest BCUT2D eigenvalue weighted by atomic mass is 35.5. The van der Waals surface area contributed by atoms with E-state index in [4.69, 9.17) is 16.3 Å². The van der Waals surface area contributed by atoms with Gasteiger partial charge in [-0.1, -0.05) is 29.4 Å². The fourth-order valence-electron chi connectivity index (χ4n) is 3.30. The minimum absolute atomic E-state index is 0.137. The number of carbonyl (C=O) groups is 2. The predicted octanol–water partition coefficient (Wildman–Crippen LogP) is 4.88. The van der Waals surface area contributed by atoms with E-state index >= 15 is 0 Å². The van der Waals surface area contributed by atoms with Crippen molar-refractivity contribution in [3.05, 3.63) is 64.5 Å². The molecule has 1 N–H and O–H groups in total. The van der Waals surface area contributed by atoms with Gasteiger partial charge in [-0.3, -0.25) is 9.36 Å². The minimum atomic E-state index is -0.469. The maximum absolute atomic E-state index is 13.1. The first kappa shape index (κ1) is 22.8. The molecule has 0 bridgehead atoms. The van der Waals surface area contributed by atoms with E-state index in [-0.39, 0.29) is 5.78 Å². The van der Waals surface area contributed by atoms with Crippen molar-refractivity contribution in [2.75, 3.05) is 7.11 Å². The van der Waals surface area contributed by atoms with E-state index in [0.717, 1.165) is 5.56 Å². The van der Waals surface area contributed by atoms with E-state index in [2.05, 4.69) is 21.8 Å². The number of ketones is 1. The standard InChI is InChI=1S/C22H23ClN4O3S/c1-6-11-27-20(15-7-9-16(23)10-8-15)25-26-22(27)31-14(4)19(28)18-12(2)17(13(3)24-18)21(29)30-5/h6-10,14,24H,1,11H2,2-5H3. The van der Waals surface area contributed by atoms with Crippen LogP contribution in [0.5, 0.6) is 0 Å². The number of aryl methyl sites for hydroxylation is 1. The van der Waals surface area contributed by atoms with Crippen molar-refractivity contribution in [3.63, 3.8) is 0 Å². The van der Waals surface area contributed by atoms with Gasteiger partial charge in [0, 0.05) is 22.8 Å². The molecule has 0 spiro atoms. The van der Waals surface area contributed by atoms with Gasteiger partial charge in [0.15, 0.2) is 16.8 Å². The molecular weight excluding hydrogens is 436 g/mol. The van der Waals surface area contributed by atoms with Crippen LogP contribution in [0.3, 0.4) is 0 Å². The summed E-state index contributed by atoms with van der Waals surface area (Å²) in [7, 11) is 1.32. The smallest absolute Gasteiger partial charge is 0.339 e. The van der Waals surface area contributed by atoms with Crippen LogP contribution in [0.4, 0.5) is 0 Å². The largest absolute Gasteiger partial charge is 0.465 e. The van der Waals surface area contributed by atoms with Crippen LogP contribution < -0.4 is 0 Å². The SMILES string of the molecule is C=CCn1c(SC(C)C(=O)c2[nH]c(C)c(C(=O)OC)c2C)nnc1-c1ccc(Cl)cc1. The number of halogens is 1. The molecule has 0 fully saturated rings. The number of thioether (sulfide) groups is 1. The lowest BCUT2D eigenvalue weighted by Gasteiger charge is -2.12. The fraction of sp³-hybridized carbons (Fsp3) is 0.273. The average molecular weight is 459 g/mol. The molecule has 0 saturated carbocycles. The van der Waals surface area contributed by atoms with Gasteiger partial charge in [-0.05, 0) is 50.6 Å². The fourth-order valence-corrected chi connectivity index (χ4v) is 4.34. The highest BCUT2D eigenvalue weighted by molar-refractivity contribution is 8.00. The molecule has 0 aliphatic heterocycles. The molecule has 7 nitrogen and oxygen atoms in total. The summed E-state index contributed by atoms with van der Waals surface area (Å²) in [5.41, 5.74) is 2.83. The quantitative estimate of drug-likeness (QED) is 0.224. The van der Waals surface area contributed by atoms with Crippen LogP contribution in [0.25, 0.3) is 11.4 Å². The Morgan fingerprint density at radius 3 is 2.58 bits per heavy atom. The predicted molar refractivity (Wildman–Crippen MR) is 122 cm³/mol. The first-order valence-electron chi connectivity index (χ1n) is 9.56. The van der Waals surface area contributed by atoms with Crippen LogP contribution in [0, 0.1) is 13.8 Å². The molecule has 162 valence electrons. The number of nitrogens with one attached hydrogen (secondary N) is 1. The van der Waals surface area contributed by atoms with Gasteiger partial charge in [0.1, 0.15) is 0 Å². The Kier molecular flexibility index (Phi) is 7.02. The summed E-state index contributed by atoms with van der Waals surface area (Å²) in [5.74, 6) is 0.0597. The molecular formula is C22H23ClN4O3S. The maximum Gasteiger partial charge on any atom is 0.339 e. The summed E-state index contributed by atoms with van der Waals surface area (Å²) in [6.45, 7) is 9.58. The maximum atomic E-state index is 13.1. The third-order valence-electron chi connectivity index (χ3n) is 4.86. The molecule has 0 radical (unpaired) electrons. The molecule has 0 aliphatic rings. The molecule has 1 atom stereocenters. The van der Waals surface area contributed by atoms with Crippen molar-refractivity contribution in [1.82, 2.24) is 19.7 Å². The Balaban J connectivity index is 1.89. The Morgan fingerprint density at radius 1 is 1.29 bits per heavy atom. The number of nitrogens with zero attached hydrogens (tertiary/aromatic N) is 3. The van der Waals surface area contributed by atoms with Crippen molar-refractivity contribution in [1.29, 1.82) is 0 Å². The van der Waals surface area contributed by atoms with Gasteiger partial charge in [-0.25, -0.2) is 4.79 Å². The Morgan fingerprint density at radius 2 is 1.97 bits per heavy atom. The molecule has 3 aromatic rings. The molecule has 0 saturated heterocycles. The van der Waals surface area contributed by atoms with Crippen molar-refractivity contribution >= 4 is 35.1 Å². The topological polar surface area (TPSA) is 89.9 Å². The number of aromatic amines is 1. The summed E-state index contributed by atoms with van der Waals surface area (Å²) in [4.78, 5) is 28.2. The van der Waals surface area contributed by atoms with Crippen LogP contribution >= 0.6 is 23.4 Å². The number of ether oxygens (including phenoxy) is 1. The van der Waals surface area contributed by atoms with Crippen molar-refractivity contribution in [2.45, 2.75) is 37.7 Å². The highest BCUT2D eigenvalue weighted by Crippen LogP contribution is 2.30. The van der Waals surface area contributed by atoms with Crippen LogP contribution in [-0.4, -0.2) is 43.9 Å². The van der Waals surface area contributed by atoms with E-state index in [1.807, 2.05) is 16.7 Å². The van der Waals surface area contributed by atoms with Gasteiger partial charge in [0.25, 0.3) is 0 Å². The van der Waals surface area contributed by atoms with Gasteiger partial charge < -0.3 is 9.72 Å². The summed E-state index contributed by atoms with van der Waals surface area (Å²) >= 11 is 7.29. The van der Waals surface area contributed by atoms with E-state index in [0.29, 0.717) is 45.1 Å². The number of benzene rings is 1. The van der Waals surface area contributed by atoms with Gasteiger partial charge in [-0.2, -0.15) is 0 Å². The Labute approximate surface area is 189 Å². The number of hydrogen-bond donors (Lipinski definition) is 1. The lowest BCUT2D eigenvalue weighted by molar-refractivity contribution is 0.0599. The van der Waals surface area contributed by atoms with Gasteiger partial charge in [0.2, 0.25) is 0 Å². The second-order valence-electron chi connectivity index (χ2n) is 6.95. The van der Waals surface area contributed by atoms with E-state index in [1.54, 1.807) is 39.0 Å². The Bertz CT molecular complexity index is 1130. The number of hydrogen-bond acceptors (Lipinski definition) is 6. The van der Waals surface area contributed by atoms with Gasteiger partial charge in [0.05, 0.1) is 23.6 Å². The third-order valence-corrected chi connectivity index (χ3v) is 6.19. The van der Waals surface area contributed by atoms with Crippen LogP contribution in [0.2, 0.25) is 5.02 Å². The second kappa shape index (κ2) is 9.53. The lowest BCUT2D eigenvalue weighted by atomic mass is 10.1. The zero-order chi connectivity index (χ0) is 22.7. The molecule has 3 rings (SSSR count). The summed E-state index contributed by atoms with van der Waals surface area (Å²) in [5, 5.41) is 9.37. The lowest BCUT2D eigenvalue weighted by Crippen LogP contribution is -2.16. The first-order valence-corrected chi connectivity index (χ1v) is 10.8. The number of Topliss-reactive ketones (excluding diaryl/α,β-unsaturated/α-hetero) is 1. The average Bonchev–Trinajstić information content (AvgIpc) is 3.28. The molecule has 9 heteroatoms. The van der Waals surface area contributed by atoms with Gasteiger partial charge in [-0.15, -0.1) is 16.8 Å². The van der Waals surface area contributed by atoms with Crippen molar-refractivity contribution < 1.29 is 14.3 Å². The number of rotatable bonds is 8. The minimum Gasteiger partial charge on any atom is -0.465 e. The third kappa shape index (κ3) is 4.60. The number of carbonyl (C=O) groups excluding carboxylic acids is 2. The van der Waals surface area contributed by atoms with Crippen molar-refractivity contribution in [2.24, 2.45) is 0 Å². The second-order valence-corrected chi connectivity index (χ2v) is 8.70. The molecule has 1 unspecified atom stereocenters. The van der Waals surface area contributed by atoms with Gasteiger partial charge >= 0.3 is 5.97 Å². The number of allylic oxidation sites excluding steroid dienone is 1. The summed E-state index contributed by atoms with van der Waals surface area (Å²) < 4.78 is 6.73. The Hall–Kier alpha value is -2.84. The molecule has 31 heavy (non-hydrogen) atoms. The first-order chi connectivity index (χ1) is 14.8. The van der Waals surface area contributed by atoms with E-state index < -0.39 is 11.2 Å². The zero-order valence-corrected chi connectivity index (χ0v) is 19.3. The van der Waals surface area contributed by atoms with Crippen LogP contribution in [-0.2, 0) is 11.3 Å². The molecule has 0 amide bonds. The van der Waals surface area contributed by atoms with Crippen molar-refractivity contribution in [3.8, 4) is 11.4 Å². The normalized spacial score (nSPS) is 11.9. The number of aromatic nitrogens is 4. The molecule has 1 aromatic carbocycles. The number of methoxy groups -OCH3 is 1. The zero-order valence-electron chi connectivity index (χ0n) is 17.7. The van der Waals surface area contributed by atoms with Crippen LogP contribution in [0.15, 0.2) is 42.1 Å². The van der Waals surface area contributed by atoms with E-state index in [1.165, 1.54) is 18.9 Å². The molecule has 2 aromatic heterocycles. The molecule has 2 heterocycles. The van der Waals surface area contributed by atoms with Crippen LogP contribution in [0.1, 0.15) is 39.0 Å². The summed E-state index contributed by atoms with van der Waals surface area (Å²) in [6.07, 6.45) is 1.75. The van der Waals surface area contributed by atoms with E-state index in [9.17, 15) is 9.59 Å². The molecule has 0 aliphatic carbocycles. The highest BCUT2D eigenvalue weighted by Gasteiger charge is 2.27. The number of H-pyrrole nitrogens is 1.